The second-order valence-electron chi connectivity index (χ2n) is 11.1. The van der Waals surface area contributed by atoms with Gasteiger partial charge in [-0.2, -0.15) is 5.26 Å². The van der Waals surface area contributed by atoms with E-state index in [1.54, 1.807) is 11.3 Å². The normalized spacial score (nSPS) is 11.5. The van der Waals surface area contributed by atoms with E-state index in [2.05, 4.69) is 60.7 Å². The molecular formula is C40H22N4OS. The van der Waals surface area contributed by atoms with E-state index in [4.69, 9.17) is 19.4 Å². The SMILES string of the molecule is N#Cc1cccc2sc3c(-c4nc(-c5ccccc5)nc(-c5ccc6c(c5)oc5cccc(-c7ccccc7)c56)n4)cccc3c12. The van der Waals surface area contributed by atoms with Gasteiger partial charge in [-0.05, 0) is 47.5 Å². The van der Waals surface area contributed by atoms with Crippen molar-refractivity contribution >= 4 is 53.4 Å². The fourth-order valence-electron chi connectivity index (χ4n) is 6.28. The highest BCUT2D eigenvalue weighted by atomic mass is 32.1. The zero-order valence-electron chi connectivity index (χ0n) is 24.3. The summed E-state index contributed by atoms with van der Waals surface area (Å²) in [6, 6.07) is 47.1. The number of nitriles is 1. The van der Waals surface area contributed by atoms with Crippen molar-refractivity contribution in [2.24, 2.45) is 0 Å². The first-order valence-corrected chi connectivity index (χ1v) is 15.7. The molecule has 0 saturated carbocycles. The van der Waals surface area contributed by atoms with E-state index in [9.17, 15) is 5.26 Å². The Hall–Kier alpha value is -6.16. The minimum absolute atomic E-state index is 0.560. The molecule has 0 unspecified atom stereocenters. The van der Waals surface area contributed by atoms with Gasteiger partial charge in [0.05, 0.1) is 11.6 Å². The molecule has 214 valence electrons. The van der Waals surface area contributed by atoms with Crippen LogP contribution in [-0.4, -0.2) is 15.0 Å². The maximum absolute atomic E-state index is 9.83. The first-order chi connectivity index (χ1) is 22.7. The topological polar surface area (TPSA) is 75.6 Å². The molecule has 0 aliphatic heterocycles. The molecule has 0 N–H and O–H groups in total. The Morgan fingerprint density at radius 2 is 1.22 bits per heavy atom. The Morgan fingerprint density at radius 3 is 2.02 bits per heavy atom. The maximum Gasteiger partial charge on any atom is 0.165 e. The summed E-state index contributed by atoms with van der Waals surface area (Å²) in [4.78, 5) is 15.0. The summed E-state index contributed by atoms with van der Waals surface area (Å²) in [6.45, 7) is 0. The molecule has 0 atom stereocenters. The summed E-state index contributed by atoms with van der Waals surface area (Å²) in [7, 11) is 0. The van der Waals surface area contributed by atoms with Gasteiger partial charge in [0.25, 0.3) is 0 Å². The molecule has 0 amide bonds. The predicted octanol–water partition coefficient (Wildman–Crippen LogP) is 10.7. The molecule has 0 spiro atoms. The Kier molecular flexibility index (Phi) is 5.98. The maximum atomic E-state index is 9.83. The van der Waals surface area contributed by atoms with Crippen LogP contribution in [0.3, 0.4) is 0 Å². The number of hydrogen-bond donors (Lipinski definition) is 0. The summed E-state index contributed by atoms with van der Waals surface area (Å²) in [5.41, 5.74) is 7.19. The van der Waals surface area contributed by atoms with Gasteiger partial charge >= 0.3 is 0 Å². The largest absolute Gasteiger partial charge is 0.456 e. The first-order valence-electron chi connectivity index (χ1n) is 14.9. The summed E-state index contributed by atoms with van der Waals surface area (Å²) in [5, 5.41) is 14.0. The number of thiophene rings is 1. The van der Waals surface area contributed by atoms with E-state index in [-0.39, 0.29) is 0 Å². The van der Waals surface area contributed by atoms with Crippen molar-refractivity contribution < 1.29 is 4.42 Å². The lowest BCUT2D eigenvalue weighted by Crippen LogP contribution is -2.00. The molecule has 0 radical (unpaired) electrons. The van der Waals surface area contributed by atoms with Crippen molar-refractivity contribution in [2.45, 2.75) is 0 Å². The predicted molar refractivity (Wildman–Crippen MR) is 186 cm³/mol. The van der Waals surface area contributed by atoms with Crippen molar-refractivity contribution in [3.63, 3.8) is 0 Å². The smallest absolute Gasteiger partial charge is 0.165 e. The number of hydrogen-bond acceptors (Lipinski definition) is 6. The second-order valence-corrected chi connectivity index (χ2v) is 12.2. The second kappa shape index (κ2) is 10.5. The van der Waals surface area contributed by atoms with Crippen molar-refractivity contribution in [1.82, 2.24) is 15.0 Å². The number of aromatic nitrogens is 3. The van der Waals surface area contributed by atoms with Gasteiger partial charge in [0.2, 0.25) is 0 Å². The molecule has 9 rings (SSSR count). The minimum atomic E-state index is 0.560. The zero-order valence-corrected chi connectivity index (χ0v) is 25.1. The van der Waals surface area contributed by atoms with Crippen LogP contribution in [0.5, 0.6) is 0 Å². The molecular weight excluding hydrogens is 585 g/mol. The average Bonchev–Trinajstić information content (AvgIpc) is 3.70. The van der Waals surface area contributed by atoms with Crippen molar-refractivity contribution in [2.75, 3.05) is 0 Å². The van der Waals surface area contributed by atoms with Crippen molar-refractivity contribution in [3.05, 3.63) is 139 Å². The fraction of sp³-hybridized carbons (Fsp3) is 0. The molecule has 0 saturated heterocycles. The highest BCUT2D eigenvalue weighted by Gasteiger charge is 2.19. The van der Waals surface area contributed by atoms with Crippen molar-refractivity contribution in [3.8, 4) is 51.4 Å². The number of furan rings is 1. The fourth-order valence-corrected chi connectivity index (χ4v) is 7.52. The molecule has 3 heterocycles. The highest BCUT2D eigenvalue weighted by molar-refractivity contribution is 7.26. The van der Waals surface area contributed by atoms with Crippen LogP contribution in [0.4, 0.5) is 0 Å². The van der Waals surface area contributed by atoms with Crippen LogP contribution in [0.15, 0.2) is 138 Å². The summed E-state index contributed by atoms with van der Waals surface area (Å²) in [6.07, 6.45) is 0. The van der Waals surface area contributed by atoms with E-state index >= 15 is 0 Å². The summed E-state index contributed by atoms with van der Waals surface area (Å²) >= 11 is 1.65. The van der Waals surface area contributed by atoms with Gasteiger partial charge in [-0.15, -0.1) is 11.3 Å². The van der Waals surface area contributed by atoms with Crippen LogP contribution in [0.1, 0.15) is 5.56 Å². The first kappa shape index (κ1) is 26.3. The van der Waals surface area contributed by atoms with Gasteiger partial charge in [0.1, 0.15) is 11.2 Å². The molecule has 9 aromatic rings. The third-order valence-electron chi connectivity index (χ3n) is 8.39. The minimum Gasteiger partial charge on any atom is -0.456 e. The number of nitrogens with zero attached hydrogens (tertiary/aromatic N) is 4. The molecule has 3 aromatic heterocycles. The summed E-state index contributed by atoms with van der Waals surface area (Å²) in [5.74, 6) is 1.73. The molecule has 0 bridgehead atoms. The van der Waals surface area contributed by atoms with Crippen LogP contribution in [0, 0.1) is 11.3 Å². The van der Waals surface area contributed by atoms with Crippen LogP contribution in [0.25, 0.3) is 87.4 Å². The molecule has 46 heavy (non-hydrogen) atoms. The molecule has 0 fully saturated rings. The monoisotopic (exact) mass is 606 g/mol. The van der Waals surface area contributed by atoms with Crippen LogP contribution in [0.2, 0.25) is 0 Å². The standard InChI is InChI=1S/C40H22N4OS/c41-23-27-14-7-19-34-35(27)30-16-8-17-31(37(30)46-34)40-43-38(25-12-5-2-6-13-25)42-39(44-40)26-20-21-29-33(22-26)45-32-18-9-15-28(36(29)32)24-10-3-1-4-11-24/h1-22H. The van der Waals surface area contributed by atoms with E-state index in [1.807, 2.05) is 78.9 Å². The highest BCUT2D eigenvalue weighted by Crippen LogP contribution is 2.42. The van der Waals surface area contributed by atoms with Gasteiger partial charge in [0.15, 0.2) is 17.5 Å². The van der Waals surface area contributed by atoms with Crippen molar-refractivity contribution in [1.29, 1.82) is 5.26 Å². The molecule has 6 heteroatoms. The lowest BCUT2D eigenvalue weighted by atomic mass is 9.99. The zero-order chi connectivity index (χ0) is 30.6. The molecule has 5 nitrogen and oxygen atoms in total. The van der Waals surface area contributed by atoms with Crippen LogP contribution in [-0.2, 0) is 0 Å². The lowest BCUT2D eigenvalue weighted by Gasteiger charge is -2.09. The van der Waals surface area contributed by atoms with Gasteiger partial charge < -0.3 is 4.42 Å². The quantitative estimate of drug-likeness (QED) is 0.199. The van der Waals surface area contributed by atoms with E-state index in [0.717, 1.165) is 69.9 Å². The number of rotatable bonds is 4. The summed E-state index contributed by atoms with van der Waals surface area (Å²) < 4.78 is 8.52. The van der Waals surface area contributed by atoms with Crippen LogP contribution < -0.4 is 0 Å². The molecule has 0 aliphatic carbocycles. The van der Waals surface area contributed by atoms with E-state index < -0.39 is 0 Å². The van der Waals surface area contributed by atoms with E-state index in [1.165, 1.54) is 0 Å². The van der Waals surface area contributed by atoms with Gasteiger partial charge in [-0.1, -0.05) is 97.1 Å². The Morgan fingerprint density at radius 1 is 0.522 bits per heavy atom. The Labute approximate surface area is 267 Å². The van der Waals surface area contributed by atoms with E-state index in [0.29, 0.717) is 23.0 Å². The van der Waals surface area contributed by atoms with Gasteiger partial charge in [0, 0.05) is 47.6 Å². The molecule has 6 aromatic carbocycles. The van der Waals surface area contributed by atoms with Crippen LogP contribution >= 0.6 is 11.3 Å². The molecule has 0 aliphatic rings. The number of benzene rings is 6. The van der Waals surface area contributed by atoms with Gasteiger partial charge in [-0.25, -0.2) is 15.0 Å². The average molecular weight is 607 g/mol. The third-order valence-corrected chi connectivity index (χ3v) is 9.60. The Balaban J connectivity index is 1.26. The third kappa shape index (κ3) is 4.18. The number of fused-ring (bicyclic) bond motifs is 6. The Bertz CT molecular complexity index is 2650. The lowest BCUT2D eigenvalue weighted by molar-refractivity contribution is 0.669. The van der Waals surface area contributed by atoms with Gasteiger partial charge in [-0.3, -0.25) is 0 Å².